The molecule has 1 fully saturated rings. The van der Waals surface area contributed by atoms with Crippen LogP contribution in [0.2, 0.25) is 0 Å². The minimum atomic E-state index is -1.02. The van der Waals surface area contributed by atoms with Crippen molar-refractivity contribution in [3.63, 3.8) is 0 Å². The van der Waals surface area contributed by atoms with Gasteiger partial charge in [-0.25, -0.2) is 0 Å². The number of carbonyl (C=O) groups is 3. The molecule has 1 heterocycles. The van der Waals surface area contributed by atoms with Gasteiger partial charge in [0.2, 0.25) is 11.8 Å². The van der Waals surface area contributed by atoms with Gasteiger partial charge in [-0.05, 0) is 42.0 Å². The predicted molar refractivity (Wildman–Crippen MR) is 99.2 cm³/mol. The normalized spacial score (nSPS) is 17.0. The molecular weight excluding hydrogens is 356 g/mol. The second-order valence-electron chi connectivity index (χ2n) is 6.28. The highest BCUT2D eigenvalue weighted by Crippen LogP contribution is 2.29. The zero-order valence-electron chi connectivity index (χ0n) is 14.9. The minimum Gasteiger partial charge on any atom is -0.497 e. The highest BCUT2D eigenvalue weighted by atomic mass is 32.2. The lowest BCUT2D eigenvalue weighted by molar-refractivity contribution is -0.138. The van der Waals surface area contributed by atoms with E-state index >= 15 is 0 Å². The maximum absolute atomic E-state index is 13.0. The third kappa shape index (κ3) is 5.14. The van der Waals surface area contributed by atoms with Crippen molar-refractivity contribution in [2.75, 3.05) is 18.6 Å². The number of thioether (sulfide) groups is 1. The molecule has 1 aliphatic rings. The van der Waals surface area contributed by atoms with E-state index in [9.17, 15) is 19.5 Å². The topological polar surface area (TPSA) is 105 Å². The summed E-state index contributed by atoms with van der Waals surface area (Å²) in [6.07, 6.45) is 0.770. The lowest BCUT2D eigenvalue weighted by atomic mass is 9.89. The molecule has 1 atom stereocenters. The number of carboxylic acids is 1. The Bertz CT molecular complexity index is 673. The van der Waals surface area contributed by atoms with Gasteiger partial charge in [0.05, 0.1) is 19.6 Å². The Morgan fingerprint density at radius 2 is 2.00 bits per heavy atom. The molecule has 1 saturated heterocycles. The molecule has 0 spiro atoms. The molecule has 1 unspecified atom stereocenters. The highest BCUT2D eigenvalue weighted by Gasteiger charge is 2.41. The van der Waals surface area contributed by atoms with Crippen molar-refractivity contribution in [3.05, 3.63) is 29.8 Å². The van der Waals surface area contributed by atoms with Crippen LogP contribution in [0.5, 0.6) is 5.75 Å². The number of hydrogen-bond donors (Lipinski definition) is 3. The van der Waals surface area contributed by atoms with E-state index in [-0.39, 0.29) is 18.2 Å². The van der Waals surface area contributed by atoms with Crippen LogP contribution in [-0.2, 0) is 14.4 Å². The van der Waals surface area contributed by atoms with Gasteiger partial charge in [0, 0.05) is 6.92 Å². The van der Waals surface area contributed by atoms with Gasteiger partial charge in [-0.2, -0.15) is 11.8 Å². The molecule has 0 aromatic heterocycles. The fourth-order valence-corrected chi connectivity index (χ4v) is 4.24. The number of carboxylic acid groups (broad SMARTS) is 1. The maximum Gasteiger partial charge on any atom is 0.305 e. The first-order chi connectivity index (χ1) is 12.4. The van der Waals surface area contributed by atoms with Crippen LogP contribution in [0.1, 0.15) is 37.8 Å². The van der Waals surface area contributed by atoms with Crippen LogP contribution in [0.4, 0.5) is 0 Å². The van der Waals surface area contributed by atoms with Crippen LogP contribution in [0.25, 0.3) is 0 Å². The SMILES string of the molecule is COc1cccc(C(CC(=O)O)NC(=O)C2(NC(C)=O)CCSCC2)c1. The zero-order chi connectivity index (χ0) is 19.2. The Morgan fingerprint density at radius 1 is 1.31 bits per heavy atom. The van der Waals surface area contributed by atoms with Crippen molar-refractivity contribution >= 4 is 29.5 Å². The average Bonchev–Trinajstić information content (AvgIpc) is 2.61. The lowest BCUT2D eigenvalue weighted by Gasteiger charge is -2.37. The van der Waals surface area contributed by atoms with E-state index in [1.807, 2.05) is 0 Å². The fraction of sp³-hybridized carbons (Fsp3) is 0.500. The third-order valence-electron chi connectivity index (χ3n) is 4.38. The second-order valence-corrected chi connectivity index (χ2v) is 7.50. The van der Waals surface area contributed by atoms with Gasteiger partial charge in [0.15, 0.2) is 0 Å². The van der Waals surface area contributed by atoms with Crippen LogP contribution in [0.3, 0.4) is 0 Å². The molecule has 2 rings (SSSR count). The Morgan fingerprint density at radius 3 is 2.58 bits per heavy atom. The average molecular weight is 380 g/mol. The van der Waals surface area contributed by atoms with E-state index in [0.29, 0.717) is 24.2 Å². The summed E-state index contributed by atoms with van der Waals surface area (Å²) in [6, 6.07) is 6.24. The number of nitrogens with one attached hydrogen (secondary N) is 2. The molecule has 2 amide bonds. The molecule has 1 aromatic carbocycles. The summed E-state index contributed by atoms with van der Waals surface area (Å²) in [7, 11) is 1.52. The first-order valence-electron chi connectivity index (χ1n) is 8.39. The van der Waals surface area contributed by atoms with Crippen molar-refractivity contribution in [2.45, 2.75) is 37.8 Å². The molecule has 7 nitrogen and oxygen atoms in total. The molecule has 26 heavy (non-hydrogen) atoms. The van der Waals surface area contributed by atoms with Crippen LogP contribution >= 0.6 is 11.8 Å². The van der Waals surface area contributed by atoms with Gasteiger partial charge in [-0.3, -0.25) is 14.4 Å². The first-order valence-corrected chi connectivity index (χ1v) is 9.55. The number of hydrogen-bond acceptors (Lipinski definition) is 5. The fourth-order valence-electron chi connectivity index (χ4n) is 3.05. The van der Waals surface area contributed by atoms with E-state index in [1.165, 1.54) is 14.0 Å². The summed E-state index contributed by atoms with van der Waals surface area (Å²) in [5.74, 6) is 0.460. The molecular formula is C18H24N2O5S. The largest absolute Gasteiger partial charge is 0.497 e. The quantitative estimate of drug-likeness (QED) is 0.665. The van der Waals surface area contributed by atoms with E-state index < -0.39 is 17.6 Å². The third-order valence-corrected chi connectivity index (χ3v) is 5.36. The monoisotopic (exact) mass is 380 g/mol. The molecule has 0 aliphatic carbocycles. The number of ether oxygens (including phenoxy) is 1. The minimum absolute atomic E-state index is 0.260. The summed E-state index contributed by atoms with van der Waals surface area (Å²) in [4.78, 5) is 35.9. The van der Waals surface area contributed by atoms with E-state index in [0.717, 1.165) is 11.5 Å². The van der Waals surface area contributed by atoms with E-state index in [2.05, 4.69) is 10.6 Å². The molecule has 8 heteroatoms. The van der Waals surface area contributed by atoms with Crippen molar-refractivity contribution in [2.24, 2.45) is 0 Å². The molecule has 1 aliphatic heterocycles. The highest BCUT2D eigenvalue weighted by molar-refractivity contribution is 7.99. The Balaban J connectivity index is 2.26. The van der Waals surface area contributed by atoms with Gasteiger partial charge in [0.1, 0.15) is 11.3 Å². The molecule has 0 saturated carbocycles. The number of benzene rings is 1. The van der Waals surface area contributed by atoms with Crippen molar-refractivity contribution < 1.29 is 24.2 Å². The Kier molecular flexibility index (Phi) is 6.90. The van der Waals surface area contributed by atoms with Gasteiger partial charge in [-0.15, -0.1) is 0 Å². The number of carbonyl (C=O) groups excluding carboxylic acids is 2. The van der Waals surface area contributed by atoms with Gasteiger partial charge in [-0.1, -0.05) is 12.1 Å². The van der Waals surface area contributed by atoms with Crippen LogP contribution in [0, 0.1) is 0 Å². The summed E-state index contributed by atoms with van der Waals surface area (Å²) >= 11 is 1.73. The Labute approximate surface area is 156 Å². The summed E-state index contributed by atoms with van der Waals surface area (Å²) in [6.45, 7) is 1.38. The predicted octanol–water partition coefficient (Wildman–Crippen LogP) is 1.73. The lowest BCUT2D eigenvalue weighted by Crippen LogP contribution is -2.60. The van der Waals surface area contributed by atoms with E-state index in [1.54, 1.807) is 36.0 Å². The molecule has 3 N–H and O–H groups in total. The number of methoxy groups -OCH3 is 1. The van der Waals surface area contributed by atoms with Gasteiger partial charge < -0.3 is 20.5 Å². The number of amides is 2. The van der Waals surface area contributed by atoms with Crippen LogP contribution in [0.15, 0.2) is 24.3 Å². The standard InChI is InChI=1S/C18H24N2O5S/c1-12(21)20-18(6-8-26-9-7-18)17(24)19-15(11-16(22)23)13-4-3-5-14(10-13)25-2/h3-5,10,15H,6-9,11H2,1-2H3,(H,19,24)(H,20,21)(H,22,23). The molecule has 0 bridgehead atoms. The zero-order valence-corrected chi connectivity index (χ0v) is 15.7. The molecule has 0 radical (unpaired) electrons. The number of aliphatic carboxylic acids is 1. The smallest absolute Gasteiger partial charge is 0.305 e. The Hall–Kier alpha value is -2.22. The van der Waals surface area contributed by atoms with Crippen LogP contribution < -0.4 is 15.4 Å². The summed E-state index contributed by atoms with van der Waals surface area (Å²) in [5, 5.41) is 14.9. The first kappa shape index (κ1) is 20.1. The molecule has 1 aromatic rings. The maximum atomic E-state index is 13.0. The number of rotatable bonds is 7. The van der Waals surface area contributed by atoms with E-state index in [4.69, 9.17) is 4.74 Å². The van der Waals surface area contributed by atoms with Gasteiger partial charge in [0.25, 0.3) is 0 Å². The summed E-state index contributed by atoms with van der Waals surface area (Å²) < 4.78 is 5.18. The van der Waals surface area contributed by atoms with Gasteiger partial charge >= 0.3 is 5.97 Å². The van der Waals surface area contributed by atoms with Crippen molar-refractivity contribution in [3.8, 4) is 5.75 Å². The van der Waals surface area contributed by atoms with Crippen LogP contribution in [-0.4, -0.2) is 47.0 Å². The summed E-state index contributed by atoms with van der Waals surface area (Å²) in [5.41, 5.74) is -0.351. The van der Waals surface area contributed by atoms with Crippen molar-refractivity contribution in [1.29, 1.82) is 0 Å². The second kappa shape index (κ2) is 8.93. The molecule has 142 valence electrons. The van der Waals surface area contributed by atoms with Crippen molar-refractivity contribution in [1.82, 2.24) is 10.6 Å².